The Kier molecular flexibility index (Phi) is 5.06. The van der Waals surface area contributed by atoms with Gasteiger partial charge in [0.25, 0.3) is 0 Å². The number of rotatable bonds is 4. The molecule has 0 aliphatic rings. The van der Waals surface area contributed by atoms with E-state index in [0.29, 0.717) is 5.75 Å². The van der Waals surface area contributed by atoms with Gasteiger partial charge in [-0.3, -0.25) is 9.59 Å². The van der Waals surface area contributed by atoms with E-state index in [1.54, 1.807) is 0 Å². The number of carbonyl (C=O) groups excluding carboxylic acids is 2. The normalized spacial score (nSPS) is 11.1. The number of hydrogen-bond donors (Lipinski definition) is 1. The molecule has 1 amide bonds. The molecule has 0 aromatic heterocycles. The topological polar surface area (TPSA) is 46.2 Å². The lowest BCUT2D eigenvalue weighted by Crippen LogP contribution is -2.36. The summed E-state index contributed by atoms with van der Waals surface area (Å²) in [4.78, 5) is 22.3. The van der Waals surface area contributed by atoms with Crippen LogP contribution in [0.15, 0.2) is 0 Å². The van der Waals surface area contributed by atoms with E-state index in [1.165, 1.54) is 11.8 Å². The summed E-state index contributed by atoms with van der Waals surface area (Å²) in [5.74, 6) is 0.393. The van der Waals surface area contributed by atoms with Crippen LogP contribution in [0.4, 0.5) is 0 Å². The van der Waals surface area contributed by atoms with Crippen LogP contribution in [0.2, 0.25) is 0 Å². The monoisotopic (exact) mass is 203 g/mol. The summed E-state index contributed by atoms with van der Waals surface area (Å²) in [6.45, 7) is 5.67. The molecule has 0 atom stereocenters. The molecule has 76 valence electrons. The van der Waals surface area contributed by atoms with Crippen molar-refractivity contribution in [2.45, 2.75) is 20.8 Å². The van der Waals surface area contributed by atoms with Gasteiger partial charge in [-0.15, -0.1) is 0 Å². The zero-order chi connectivity index (χ0) is 10.5. The molecule has 0 unspecified atom stereocenters. The number of ketones is 1. The van der Waals surface area contributed by atoms with Gasteiger partial charge >= 0.3 is 0 Å². The highest BCUT2D eigenvalue weighted by atomic mass is 32.2. The van der Waals surface area contributed by atoms with Crippen LogP contribution in [0.1, 0.15) is 20.8 Å². The number of nitrogens with one attached hydrogen (secondary N) is 1. The minimum Gasteiger partial charge on any atom is -0.348 e. The maximum atomic E-state index is 11.4. The largest absolute Gasteiger partial charge is 0.348 e. The number of amides is 1. The molecule has 0 fully saturated rings. The maximum absolute atomic E-state index is 11.4. The smallest absolute Gasteiger partial charge is 0.230 e. The van der Waals surface area contributed by atoms with Crippen molar-refractivity contribution in [3.63, 3.8) is 0 Å². The Bertz CT molecular complexity index is 196. The van der Waals surface area contributed by atoms with Crippen molar-refractivity contribution in [3.05, 3.63) is 0 Å². The van der Waals surface area contributed by atoms with Crippen molar-refractivity contribution >= 4 is 23.5 Å². The van der Waals surface area contributed by atoms with Gasteiger partial charge in [-0.25, -0.2) is 0 Å². The molecule has 13 heavy (non-hydrogen) atoms. The van der Waals surface area contributed by atoms with E-state index < -0.39 is 0 Å². The van der Waals surface area contributed by atoms with E-state index >= 15 is 0 Å². The second-order valence-electron chi connectivity index (χ2n) is 3.88. The summed E-state index contributed by atoms with van der Waals surface area (Å²) in [7, 11) is 0. The lowest BCUT2D eigenvalue weighted by Gasteiger charge is -2.16. The lowest BCUT2D eigenvalue weighted by atomic mass is 9.91. The Morgan fingerprint density at radius 1 is 1.31 bits per heavy atom. The zero-order valence-corrected chi connectivity index (χ0v) is 9.46. The van der Waals surface area contributed by atoms with Crippen LogP contribution in [0.3, 0.4) is 0 Å². The fraction of sp³-hybridized carbons (Fsp3) is 0.778. The Morgan fingerprint density at radius 2 is 1.85 bits per heavy atom. The van der Waals surface area contributed by atoms with Crippen LogP contribution >= 0.6 is 11.8 Å². The summed E-state index contributed by atoms with van der Waals surface area (Å²) >= 11 is 1.45. The lowest BCUT2D eigenvalue weighted by molar-refractivity contribution is -0.128. The summed E-state index contributed by atoms with van der Waals surface area (Å²) in [5, 5.41) is 2.58. The summed E-state index contributed by atoms with van der Waals surface area (Å²) in [5.41, 5.74) is -0.368. The van der Waals surface area contributed by atoms with Crippen LogP contribution in [0, 0.1) is 5.41 Å². The number of hydrogen-bond acceptors (Lipinski definition) is 3. The minimum atomic E-state index is -0.368. The molecule has 3 nitrogen and oxygen atoms in total. The minimum absolute atomic E-state index is 0.0574. The quantitative estimate of drug-likeness (QED) is 0.743. The van der Waals surface area contributed by atoms with Gasteiger partial charge in [-0.1, -0.05) is 20.8 Å². The first kappa shape index (κ1) is 12.5. The third kappa shape index (κ3) is 5.69. The zero-order valence-electron chi connectivity index (χ0n) is 8.64. The molecule has 0 rings (SSSR count). The van der Waals surface area contributed by atoms with Crippen molar-refractivity contribution in [1.82, 2.24) is 5.32 Å². The molecule has 0 heterocycles. The third-order valence-electron chi connectivity index (χ3n) is 1.56. The van der Waals surface area contributed by atoms with Gasteiger partial charge in [0.1, 0.15) is 0 Å². The Balaban J connectivity index is 3.77. The second kappa shape index (κ2) is 5.27. The van der Waals surface area contributed by atoms with Crippen molar-refractivity contribution in [1.29, 1.82) is 0 Å². The molecule has 1 N–H and O–H groups in total. The number of Topliss-reactive ketones (excluding diaryl/α,β-unsaturated/α-hetero) is 1. The van der Waals surface area contributed by atoms with Crippen LogP contribution in [0.5, 0.6) is 0 Å². The summed E-state index contributed by atoms with van der Waals surface area (Å²) in [6, 6.07) is 0. The van der Waals surface area contributed by atoms with Gasteiger partial charge in [0.05, 0.1) is 12.3 Å². The van der Waals surface area contributed by atoms with Crippen molar-refractivity contribution in [3.8, 4) is 0 Å². The highest BCUT2D eigenvalue weighted by Gasteiger charge is 2.20. The molecule has 0 aromatic carbocycles. The summed E-state index contributed by atoms with van der Waals surface area (Å²) in [6.07, 6.45) is 1.85. The van der Waals surface area contributed by atoms with Gasteiger partial charge < -0.3 is 5.32 Å². The van der Waals surface area contributed by atoms with E-state index in [1.807, 2.05) is 27.0 Å². The first-order valence-corrected chi connectivity index (χ1v) is 5.56. The van der Waals surface area contributed by atoms with Gasteiger partial charge in [0, 0.05) is 5.41 Å². The van der Waals surface area contributed by atoms with Gasteiger partial charge in [-0.05, 0) is 6.26 Å². The fourth-order valence-electron chi connectivity index (χ4n) is 0.626. The Hall–Kier alpha value is -0.510. The van der Waals surface area contributed by atoms with E-state index in [4.69, 9.17) is 0 Å². The number of thioether (sulfide) groups is 1. The fourth-order valence-corrected chi connectivity index (χ4v) is 0.990. The molecular weight excluding hydrogens is 186 g/mol. The molecule has 4 heteroatoms. The van der Waals surface area contributed by atoms with E-state index in [0.717, 1.165) is 0 Å². The molecular formula is C9H17NO2S. The first-order valence-electron chi connectivity index (χ1n) is 4.17. The van der Waals surface area contributed by atoms with Gasteiger partial charge in [0.15, 0.2) is 5.78 Å². The molecule has 0 saturated carbocycles. The molecule has 0 saturated heterocycles. The average molecular weight is 203 g/mol. The van der Waals surface area contributed by atoms with Crippen molar-refractivity contribution in [2.24, 2.45) is 5.41 Å². The standard InChI is InChI=1S/C9H17NO2S/c1-9(2,3)7(11)5-10-8(12)6-13-4/h5-6H2,1-4H3,(H,10,12). The third-order valence-corrected chi connectivity index (χ3v) is 2.11. The molecule has 0 radical (unpaired) electrons. The predicted molar refractivity (Wildman–Crippen MR) is 55.9 cm³/mol. The van der Waals surface area contributed by atoms with Crippen LogP contribution in [0.25, 0.3) is 0 Å². The molecule has 0 spiro atoms. The first-order chi connectivity index (χ1) is 5.88. The predicted octanol–water partition coefficient (Wildman–Crippen LogP) is 1.08. The molecule has 0 bridgehead atoms. The Morgan fingerprint density at radius 3 is 2.23 bits per heavy atom. The SMILES string of the molecule is CSCC(=O)NCC(=O)C(C)(C)C. The highest BCUT2D eigenvalue weighted by molar-refractivity contribution is 7.99. The highest BCUT2D eigenvalue weighted by Crippen LogP contribution is 2.13. The van der Waals surface area contributed by atoms with Crippen LogP contribution < -0.4 is 5.32 Å². The number of carbonyl (C=O) groups is 2. The van der Waals surface area contributed by atoms with E-state index in [2.05, 4.69) is 5.32 Å². The van der Waals surface area contributed by atoms with Gasteiger partial charge in [-0.2, -0.15) is 11.8 Å². The van der Waals surface area contributed by atoms with Crippen molar-refractivity contribution < 1.29 is 9.59 Å². The van der Waals surface area contributed by atoms with E-state index in [9.17, 15) is 9.59 Å². The van der Waals surface area contributed by atoms with Crippen LogP contribution in [-0.2, 0) is 9.59 Å². The average Bonchev–Trinajstić information content (AvgIpc) is 1.99. The van der Waals surface area contributed by atoms with Crippen molar-refractivity contribution in [2.75, 3.05) is 18.6 Å². The van der Waals surface area contributed by atoms with E-state index in [-0.39, 0.29) is 23.7 Å². The molecule has 0 aliphatic heterocycles. The van der Waals surface area contributed by atoms with Crippen LogP contribution in [-0.4, -0.2) is 30.2 Å². The summed E-state index contributed by atoms with van der Waals surface area (Å²) < 4.78 is 0. The Labute approximate surface area is 83.7 Å². The molecule has 0 aliphatic carbocycles. The molecule has 0 aromatic rings. The van der Waals surface area contributed by atoms with Gasteiger partial charge in [0.2, 0.25) is 5.91 Å². The second-order valence-corrected chi connectivity index (χ2v) is 4.75. The maximum Gasteiger partial charge on any atom is 0.230 e.